The van der Waals surface area contributed by atoms with Crippen LogP contribution in [0.2, 0.25) is 0 Å². The van der Waals surface area contributed by atoms with Gasteiger partial charge in [0, 0.05) is 21.1 Å². The fourth-order valence-electron chi connectivity index (χ4n) is 2.48. The van der Waals surface area contributed by atoms with Crippen molar-refractivity contribution < 1.29 is 14.3 Å². The Morgan fingerprint density at radius 3 is 2.76 bits per heavy atom. The highest BCUT2D eigenvalue weighted by molar-refractivity contribution is 9.10. The molecule has 6 nitrogen and oxygen atoms in total. The number of benzene rings is 1. The van der Waals surface area contributed by atoms with Gasteiger partial charge in [-0.05, 0) is 26.0 Å². The predicted octanol–water partition coefficient (Wildman–Crippen LogP) is 3.86. The molecule has 130 valence electrons. The van der Waals surface area contributed by atoms with Crippen molar-refractivity contribution >= 4 is 50.0 Å². The second kappa shape index (κ2) is 7.45. The van der Waals surface area contributed by atoms with Gasteiger partial charge in [0.05, 0.1) is 24.6 Å². The molecule has 25 heavy (non-hydrogen) atoms. The number of rotatable bonds is 5. The fraction of sp³-hybridized carbons (Fsp3) is 0.294. The molecule has 0 bridgehead atoms. The molecular weight excluding hydrogens is 406 g/mol. The van der Waals surface area contributed by atoms with Gasteiger partial charge in [-0.25, -0.2) is 4.98 Å². The van der Waals surface area contributed by atoms with E-state index in [1.54, 1.807) is 13.8 Å². The first-order valence-electron chi connectivity index (χ1n) is 7.75. The zero-order chi connectivity index (χ0) is 18.0. The van der Waals surface area contributed by atoms with Gasteiger partial charge in [-0.1, -0.05) is 28.1 Å². The fourth-order valence-corrected chi connectivity index (χ4v) is 3.53. The maximum Gasteiger partial charge on any atom is 0.306 e. The molecule has 1 aliphatic rings. The molecular formula is C17H16BrN3O3S. The smallest absolute Gasteiger partial charge is 0.306 e. The number of aromatic nitrogens is 1. The van der Waals surface area contributed by atoms with Crippen molar-refractivity contribution in [3.8, 4) is 11.3 Å². The minimum Gasteiger partial charge on any atom is -0.466 e. The summed E-state index contributed by atoms with van der Waals surface area (Å²) in [5.41, 5.74) is 2.33. The van der Waals surface area contributed by atoms with E-state index in [-0.39, 0.29) is 12.3 Å². The van der Waals surface area contributed by atoms with Crippen LogP contribution in [0.5, 0.6) is 0 Å². The Morgan fingerprint density at radius 1 is 1.36 bits per heavy atom. The van der Waals surface area contributed by atoms with Crippen molar-refractivity contribution in [3.63, 3.8) is 0 Å². The molecule has 0 spiro atoms. The first-order valence-corrected chi connectivity index (χ1v) is 9.43. The Hall–Kier alpha value is -2.06. The molecule has 1 atom stereocenters. The summed E-state index contributed by atoms with van der Waals surface area (Å²) in [5, 5.41) is 7.95. The number of carbonyl (C=O) groups is 2. The highest BCUT2D eigenvalue weighted by Gasteiger charge is 2.37. The zero-order valence-electron chi connectivity index (χ0n) is 13.7. The number of nitrogens with zero attached hydrogens (tertiary/aromatic N) is 3. The van der Waals surface area contributed by atoms with Crippen LogP contribution in [0.15, 0.2) is 39.2 Å². The third-order valence-electron chi connectivity index (χ3n) is 3.76. The van der Waals surface area contributed by atoms with E-state index in [0.717, 1.165) is 15.7 Å². The first kappa shape index (κ1) is 17.8. The third-order valence-corrected chi connectivity index (χ3v) is 5.10. The Kier molecular flexibility index (Phi) is 5.29. The zero-order valence-corrected chi connectivity index (χ0v) is 16.1. The Balaban J connectivity index is 1.78. The highest BCUT2D eigenvalue weighted by atomic mass is 79.9. The quantitative estimate of drug-likeness (QED) is 0.686. The number of amides is 1. The standard InChI is InChI=1S/C17H16BrN3O3S/c1-3-24-15(22)8-13-10(2)20-21(16(13)23)17-19-14(9-25-17)11-4-6-12(18)7-5-11/h4-7,9,13H,3,8H2,1-2H3. The monoisotopic (exact) mass is 421 g/mol. The van der Waals surface area contributed by atoms with Gasteiger partial charge in [-0.2, -0.15) is 10.1 Å². The van der Waals surface area contributed by atoms with E-state index < -0.39 is 11.9 Å². The SMILES string of the molecule is CCOC(=O)CC1C(=O)N(c2nc(-c3ccc(Br)cc3)cs2)N=C1C. The summed E-state index contributed by atoms with van der Waals surface area (Å²) in [6, 6.07) is 7.78. The van der Waals surface area contributed by atoms with E-state index in [2.05, 4.69) is 26.0 Å². The van der Waals surface area contributed by atoms with Crippen molar-refractivity contribution in [1.82, 2.24) is 4.98 Å². The van der Waals surface area contributed by atoms with E-state index in [1.165, 1.54) is 16.3 Å². The summed E-state index contributed by atoms with van der Waals surface area (Å²) in [6.45, 7) is 3.77. The van der Waals surface area contributed by atoms with Crippen LogP contribution in [-0.2, 0) is 14.3 Å². The van der Waals surface area contributed by atoms with E-state index in [1.807, 2.05) is 29.6 Å². The topological polar surface area (TPSA) is 71.9 Å². The number of hydrazone groups is 1. The van der Waals surface area contributed by atoms with Crippen molar-refractivity contribution in [2.75, 3.05) is 11.6 Å². The Morgan fingerprint density at radius 2 is 2.08 bits per heavy atom. The molecule has 2 aromatic rings. The van der Waals surface area contributed by atoms with Gasteiger partial charge in [0.1, 0.15) is 0 Å². The van der Waals surface area contributed by atoms with Crippen LogP contribution in [-0.4, -0.2) is 29.2 Å². The molecule has 0 aliphatic carbocycles. The molecule has 0 saturated carbocycles. The van der Waals surface area contributed by atoms with Crippen LogP contribution < -0.4 is 5.01 Å². The number of halogens is 1. The van der Waals surface area contributed by atoms with Gasteiger partial charge in [-0.3, -0.25) is 9.59 Å². The lowest BCUT2D eigenvalue weighted by atomic mass is 10.0. The number of ether oxygens (including phenoxy) is 1. The lowest BCUT2D eigenvalue weighted by Crippen LogP contribution is -2.29. The van der Waals surface area contributed by atoms with Gasteiger partial charge in [0.2, 0.25) is 5.13 Å². The summed E-state index contributed by atoms with van der Waals surface area (Å²) in [4.78, 5) is 28.8. The number of hydrogen-bond acceptors (Lipinski definition) is 6. The van der Waals surface area contributed by atoms with Crippen LogP contribution in [0.1, 0.15) is 20.3 Å². The summed E-state index contributed by atoms with van der Waals surface area (Å²) in [5.74, 6) is -1.23. The van der Waals surface area contributed by atoms with Gasteiger partial charge >= 0.3 is 5.97 Å². The van der Waals surface area contributed by atoms with Crippen LogP contribution in [0.25, 0.3) is 11.3 Å². The Bertz CT molecular complexity index is 832. The minimum atomic E-state index is -0.584. The third kappa shape index (κ3) is 3.80. The second-order valence-electron chi connectivity index (χ2n) is 5.48. The van der Waals surface area contributed by atoms with Crippen LogP contribution in [0, 0.1) is 5.92 Å². The van der Waals surface area contributed by atoms with E-state index in [0.29, 0.717) is 17.5 Å². The van der Waals surface area contributed by atoms with Gasteiger partial charge in [-0.15, -0.1) is 11.3 Å². The number of anilines is 1. The molecule has 1 aromatic carbocycles. The second-order valence-corrected chi connectivity index (χ2v) is 7.23. The lowest BCUT2D eigenvalue weighted by molar-refractivity contribution is -0.145. The predicted molar refractivity (Wildman–Crippen MR) is 101 cm³/mol. The molecule has 0 N–H and O–H groups in total. The van der Waals surface area contributed by atoms with Crippen LogP contribution in [0.3, 0.4) is 0 Å². The lowest BCUT2D eigenvalue weighted by Gasteiger charge is -2.11. The molecule has 0 radical (unpaired) electrons. The summed E-state index contributed by atoms with van der Waals surface area (Å²) in [7, 11) is 0. The van der Waals surface area contributed by atoms with Gasteiger partial charge in [0.25, 0.3) is 5.91 Å². The van der Waals surface area contributed by atoms with Gasteiger partial charge in [0.15, 0.2) is 0 Å². The number of hydrogen-bond donors (Lipinski definition) is 0. The molecule has 8 heteroatoms. The normalized spacial score (nSPS) is 16.9. The molecule has 1 aromatic heterocycles. The van der Waals surface area contributed by atoms with Crippen molar-refractivity contribution in [2.24, 2.45) is 11.0 Å². The van der Waals surface area contributed by atoms with E-state index in [4.69, 9.17) is 4.74 Å². The van der Waals surface area contributed by atoms with Gasteiger partial charge < -0.3 is 4.74 Å². The first-order chi connectivity index (χ1) is 12.0. The summed E-state index contributed by atoms with van der Waals surface area (Å²) >= 11 is 4.74. The average Bonchev–Trinajstić information content (AvgIpc) is 3.16. The Labute approximate surface area is 157 Å². The summed E-state index contributed by atoms with van der Waals surface area (Å²) < 4.78 is 5.92. The van der Waals surface area contributed by atoms with Crippen LogP contribution >= 0.6 is 27.3 Å². The molecule has 1 amide bonds. The van der Waals surface area contributed by atoms with Crippen molar-refractivity contribution in [1.29, 1.82) is 0 Å². The molecule has 3 rings (SSSR count). The average molecular weight is 422 g/mol. The molecule has 1 aliphatic heterocycles. The summed E-state index contributed by atoms with van der Waals surface area (Å²) in [6.07, 6.45) is 0.00342. The molecule has 0 saturated heterocycles. The van der Waals surface area contributed by atoms with E-state index in [9.17, 15) is 9.59 Å². The minimum absolute atomic E-state index is 0.00342. The molecule has 1 unspecified atom stereocenters. The molecule has 2 heterocycles. The van der Waals surface area contributed by atoms with E-state index >= 15 is 0 Å². The van der Waals surface area contributed by atoms with Crippen molar-refractivity contribution in [3.05, 3.63) is 34.1 Å². The largest absolute Gasteiger partial charge is 0.466 e. The maximum atomic E-state index is 12.6. The van der Waals surface area contributed by atoms with Crippen molar-refractivity contribution in [2.45, 2.75) is 20.3 Å². The number of carbonyl (C=O) groups excluding carboxylic acids is 2. The molecule has 0 fully saturated rings. The number of esters is 1. The highest BCUT2D eigenvalue weighted by Crippen LogP contribution is 2.32. The van der Waals surface area contributed by atoms with Crippen LogP contribution in [0.4, 0.5) is 5.13 Å². The maximum absolute atomic E-state index is 12.6. The number of thiazole rings is 1.